The average molecular weight is 326 g/mol. The van der Waals surface area contributed by atoms with Crippen LogP contribution in [0.2, 0.25) is 0 Å². The Morgan fingerprint density at radius 3 is 2.83 bits per heavy atom. The molecule has 6 atom stereocenters. The zero-order valence-corrected chi connectivity index (χ0v) is 15.3. The Morgan fingerprint density at radius 1 is 1.33 bits per heavy atom. The first-order valence-corrected chi connectivity index (χ1v) is 9.57. The average Bonchev–Trinajstić information content (AvgIpc) is 2.86. The van der Waals surface area contributed by atoms with Gasteiger partial charge in [0.1, 0.15) is 5.60 Å². The van der Waals surface area contributed by atoms with E-state index < -0.39 is 5.60 Å². The van der Waals surface area contributed by atoms with E-state index >= 15 is 0 Å². The van der Waals surface area contributed by atoms with Gasteiger partial charge in [0.25, 0.3) is 0 Å². The fraction of sp³-hybridized carbons (Fsp3) is 0.727. The molecule has 0 aliphatic heterocycles. The van der Waals surface area contributed by atoms with Crippen LogP contribution in [0.15, 0.2) is 23.0 Å². The van der Waals surface area contributed by atoms with Gasteiger partial charge in [-0.25, -0.2) is 0 Å². The molecule has 0 radical (unpaired) electrons. The minimum atomic E-state index is -0.896. The second kappa shape index (κ2) is 5.40. The molecule has 0 aromatic rings. The van der Waals surface area contributed by atoms with Gasteiger partial charge in [-0.3, -0.25) is 0 Å². The van der Waals surface area contributed by atoms with Gasteiger partial charge in [0, 0.05) is 11.8 Å². The summed E-state index contributed by atoms with van der Waals surface area (Å²) in [4.78, 5) is 0. The molecule has 2 heteroatoms. The Kier molecular flexibility index (Phi) is 3.66. The topological polar surface area (TPSA) is 29.5 Å². The molecule has 0 spiro atoms. The van der Waals surface area contributed by atoms with E-state index in [2.05, 4.69) is 25.8 Å². The lowest BCUT2D eigenvalue weighted by molar-refractivity contribution is -0.0803. The van der Waals surface area contributed by atoms with Crippen molar-refractivity contribution in [1.29, 1.82) is 0 Å². The van der Waals surface area contributed by atoms with Crippen LogP contribution < -0.4 is 0 Å². The van der Waals surface area contributed by atoms with Crippen LogP contribution in [0, 0.1) is 41.4 Å². The molecular weight excluding hydrogens is 296 g/mol. The predicted octanol–water partition coefficient (Wildman–Crippen LogP) is 4.45. The van der Waals surface area contributed by atoms with Crippen LogP contribution in [0.4, 0.5) is 0 Å². The van der Waals surface area contributed by atoms with E-state index in [9.17, 15) is 5.11 Å². The van der Waals surface area contributed by atoms with Crippen LogP contribution in [0.5, 0.6) is 0 Å². The van der Waals surface area contributed by atoms with Crippen molar-refractivity contribution in [3.63, 3.8) is 0 Å². The Labute approximate surface area is 146 Å². The smallest absolute Gasteiger partial charge is 0.130 e. The van der Waals surface area contributed by atoms with Gasteiger partial charge in [-0.1, -0.05) is 30.9 Å². The highest BCUT2D eigenvalue weighted by Gasteiger charge is 2.62. The van der Waals surface area contributed by atoms with Crippen LogP contribution >= 0.6 is 0 Å². The minimum absolute atomic E-state index is 0.0998. The van der Waals surface area contributed by atoms with Gasteiger partial charge in [-0.05, 0) is 68.3 Å². The van der Waals surface area contributed by atoms with E-state index in [1.54, 1.807) is 18.3 Å². The molecule has 4 aliphatic carbocycles. The van der Waals surface area contributed by atoms with Crippen LogP contribution in [0.3, 0.4) is 0 Å². The van der Waals surface area contributed by atoms with Gasteiger partial charge in [0.15, 0.2) is 0 Å². The van der Waals surface area contributed by atoms with Crippen molar-refractivity contribution in [3.8, 4) is 12.3 Å². The first-order chi connectivity index (χ1) is 11.4. The maximum Gasteiger partial charge on any atom is 0.130 e. The Morgan fingerprint density at radius 2 is 2.12 bits per heavy atom. The van der Waals surface area contributed by atoms with Crippen LogP contribution in [-0.2, 0) is 4.74 Å². The zero-order valence-electron chi connectivity index (χ0n) is 15.3. The SMILES string of the molecule is C#C[C@]1(O)CC[C@@H]2[C@@H]3[C@H](C)CC4=C(CC=C(OC)C4)[C@H]3CC[C@@]21C. The summed E-state index contributed by atoms with van der Waals surface area (Å²) in [5.41, 5.74) is 2.33. The fourth-order valence-corrected chi connectivity index (χ4v) is 6.71. The number of hydrogen-bond acceptors (Lipinski definition) is 2. The zero-order chi connectivity index (χ0) is 17.1. The third-order valence-corrected chi connectivity index (χ3v) is 8.05. The molecule has 24 heavy (non-hydrogen) atoms. The number of rotatable bonds is 1. The second-order valence-corrected chi connectivity index (χ2v) is 8.86. The summed E-state index contributed by atoms with van der Waals surface area (Å²) < 4.78 is 5.51. The first kappa shape index (κ1) is 16.3. The number of ether oxygens (including phenoxy) is 1. The summed E-state index contributed by atoms with van der Waals surface area (Å²) in [5.74, 6) is 6.53. The largest absolute Gasteiger partial charge is 0.501 e. The number of fused-ring (bicyclic) bond motifs is 4. The molecule has 4 rings (SSSR count). The standard InChI is InChI=1S/C22H30O2/c1-5-22(23)11-9-19-20-14(2)12-15-13-16(24-4)6-7-17(15)18(20)8-10-21(19,22)3/h1,6,14,18-20,23H,7-13H2,2-4H3/t14-,18-,19-,20-,21+,22+/m1/s1. The number of hydrogen-bond donors (Lipinski definition) is 1. The van der Waals surface area contributed by atoms with Crippen molar-refractivity contribution in [3.05, 3.63) is 23.0 Å². The normalized spacial score (nSPS) is 47.2. The summed E-state index contributed by atoms with van der Waals surface area (Å²) in [7, 11) is 1.79. The van der Waals surface area contributed by atoms with Gasteiger partial charge in [-0.15, -0.1) is 6.42 Å². The molecule has 2 saturated carbocycles. The van der Waals surface area contributed by atoms with Crippen molar-refractivity contribution >= 4 is 0 Å². The highest BCUT2D eigenvalue weighted by Crippen LogP contribution is 2.65. The van der Waals surface area contributed by atoms with Gasteiger partial charge in [0.05, 0.1) is 12.9 Å². The Hall–Kier alpha value is -1.20. The van der Waals surface area contributed by atoms with E-state index in [0.29, 0.717) is 23.7 Å². The van der Waals surface area contributed by atoms with Gasteiger partial charge >= 0.3 is 0 Å². The molecule has 4 aliphatic rings. The first-order valence-electron chi connectivity index (χ1n) is 9.57. The molecule has 130 valence electrons. The lowest BCUT2D eigenvalue weighted by atomic mass is 9.50. The van der Waals surface area contributed by atoms with Crippen molar-refractivity contribution in [2.24, 2.45) is 29.1 Å². The number of allylic oxidation sites excluding steroid dienone is 3. The van der Waals surface area contributed by atoms with E-state index in [0.717, 1.165) is 37.9 Å². The lowest BCUT2D eigenvalue weighted by Crippen LogP contribution is -2.52. The maximum absolute atomic E-state index is 11.1. The Balaban J connectivity index is 1.68. The number of terminal acetylenes is 1. The van der Waals surface area contributed by atoms with Gasteiger partial charge in [0.2, 0.25) is 0 Å². The molecule has 0 bridgehead atoms. The molecule has 1 N–H and O–H groups in total. The molecule has 0 amide bonds. The molecule has 0 aromatic heterocycles. The third-order valence-electron chi connectivity index (χ3n) is 8.05. The van der Waals surface area contributed by atoms with E-state index in [4.69, 9.17) is 11.2 Å². The van der Waals surface area contributed by atoms with Gasteiger partial charge < -0.3 is 9.84 Å². The van der Waals surface area contributed by atoms with Crippen molar-refractivity contribution in [2.75, 3.05) is 7.11 Å². The molecule has 0 aromatic carbocycles. The van der Waals surface area contributed by atoms with Crippen LogP contribution in [0.25, 0.3) is 0 Å². The molecule has 2 nitrogen and oxygen atoms in total. The number of methoxy groups -OCH3 is 1. The molecule has 0 unspecified atom stereocenters. The molecule has 0 saturated heterocycles. The van der Waals surface area contributed by atoms with Crippen LogP contribution in [-0.4, -0.2) is 17.8 Å². The second-order valence-electron chi connectivity index (χ2n) is 8.86. The fourth-order valence-electron chi connectivity index (χ4n) is 6.71. The summed E-state index contributed by atoms with van der Waals surface area (Å²) in [6, 6.07) is 0. The highest BCUT2D eigenvalue weighted by molar-refractivity contribution is 5.34. The summed E-state index contributed by atoms with van der Waals surface area (Å²) in [6.07, 6.45) is 15.4. The minimum Gasteiger partial charge on any atom is -0.501 e. The van der Waals surface area contributed by atoms with E-state index in [1.807, 2.05) is 0 Å². The molecule has 2 fully saturated rings. The van der Waals surface area contributed by atoms with Crippen molar-refractivity contribution in [1.82, 2.24) is 0 Å². The lowest BCUT2D eigenvalue weighted by Gasteiger charge is -2.55. The van der Waals surface area contributed by atoms with Crippen LogP contribution in [0.1, 0.15) is 58.8 Å². The summed E-state index contributed by atoms with van der Waals surface area (Å²) in [5, 5.41) is 11.1. The van der Waals surface area contributed by atoms with E-state index in [-0.39, 0.29) is 5.41 Å². The number of aliphatic hydroxyl groups is 1. The quantitative estimate of drug-likeness (QED) is 0.570. The highest BCUT2D eigenvalue weighted by atomic mass is 16.5. The van der Waals surface area contributed by atoms with Gasteiger partial charge in [-0.2, -0.15) is 0 Å². The van der Waals surface area contributed by atoms with Crippen molar-refractivity contribution in [2.45, 2.75) is 64.4 Å². The molecular formula is C22H30O2. The van der Waals surface area contributed by atoms with E-state index in [1.165, 1.54) is 12.8 Å². The summed E-state index contributed by atoms with van der Waals surface area (Å²) in [6.45, 7) is 4.69. The van der Waals surface area contributed by atoms with Crippen molar-refractivity contribution < 1.29 is 9.84 Å². The monoisotopic (exact) mass is 326 g/mol. The summed E-state index contributed by atoms with van der Waals surface area (Å²) >= 11 is 0. The molecule has 0 heterocycles. The predicted molar refractivity (Wildman–Crippen MR) is 96.0 cm³/mol. The Bertz CT molecular complexity index is 651. The third kappa shape index (κ3) is 2.00. The maximum atomic E-state index is 11.1.